The lowest BCUT2D eigenvalue weighted by atomic mass is 10.1. The Balaban J connectivity index is 1.35. The summed E-state index contributed by atoms with van der Waals surface area (Å²) >= 11 is 2.88. The van der Waals surface area contributed by atoms with E-state index < -0.39 is 0 Å². The minimum absolute atomic E-state index is 0.0734. The summed E-state index contributed by atoms with van der Waals surface area (Å²) < 4.78 is 2.16. The maximum atomic E-state index is 12.3. The second-order valence-corrected chi connectivity index (χ2v) is 8.40. The fourth-order valence-electron chi connectivity index (χ4n) is 3.04. The SMILES string of the molecule is Cc1ccc(-c2csc(NC(=O)CSc3nnc4n3CCCCC4)n2)cc1. The zero-order valence-corrected chi connectivity index (χ0v) is 16.8. The lowest BCUT2D eigenvalue weighted by Crippen LogP contribution is -2.14. The number of thiazole rings is 1. The number of rotatable bonds is 5. The average molecular weight is 400 g/mol. The number of thioether (sulfide) groups is 1. The Morgan fingerprint density at radius 3 is 2.93 bits per heavy atom. The highest BCUT2D eigenvalue weighted by Crippen LogP contribution is 2.26. The van der Waals surface area contributed by atoms with E-state index in [-0.39, 0.29) is 5.91 Å². The molecule has 27 heavy (non-hydrogen) atoms. The summed E-state index contributed by atoms with van der Waals surface area (Å²) in [7, 11) is 0. The van der Waals surface area contributed by atoms with Gasteiger partial charge in [-0.05, 0) is 19.8 Å². The van der Waals surface area contributed by atoms with Gasteiger partial charge >= 0.3 is 0 Å². The van der Waals surface area contributed by atoms with Crippen LogP contribution in [0, 0.1) is 6.92 Å². The van der Waals surface area contributed by atoms with Crippen LogP contribution >= 0.6 is 23.1 Å². The van der Waals surface area contributed by atoms with Gasteiger partial charge in [-0.3, -0.25) is 4.79 Å². The van der Waals surface area contributed by atoms with Crippen molar-refractivity contribution in [1.82, 2.24) is 19.7 Å². The monoisotopic (exact) mass is 399 g/mol. The molecule has 0 bridgehead atoms. The Bertz CT molecular complexity index is 932. The molecule has 1 aliphatic rings. The van der Waals surface area contributed by atoms with Crippen LogP contribution in [0.25, 0.3) is 11.3 Å². The normalized spacial score (nSPS) is 13.8. The standard InChI is InChI=1S/C19H21N5OS2/c1-13-6-8-14(9-7-13)15-11-26-18(20-15)21-17(25)12-27-19-23-22-16-5-3-2-4-10-24(16)19/h6-9,11H,2-5,10,12H2,1H3,(H,20,21,25). The fourth-order valence-corrected chi connectivity index (χ4v) is 4.56. The zero-order valence-electron chi connectivity index (χ0n) is 15.1. The van der Waals surface area contributed by atoms with Gasteiger partial charge in [0.15, 0.2) is 10.3 Å². The summed E-state index contributed by atoms with van der Waals surface area (Å²) in [5.74, 6) is 1.27. The van der Waals surface area contributed by atoms with Crippen molar-refractivity contribution in [2.75, 3.05) is 11.1 Å². The van der Waals surface area contributed by atoms with Crippen molar-refractivity contribution < 1.29 is 4.79 Å². The average Bonchev–Trinajstić information content (AvgIpc) is 3.21. The van der Waals surface area contributed by atoms with Crippen LogP contribution in [-0.2, 0) is 17.8 Å². The van der Waals surface area contributed by atoms with E-state index in [1.54, 1.807) is 0 Å². The minimum Gasteiger partial charge on any atom is -0.306 e. The first kappa shape index (κ1) is 18.2. The molecule has 0 radical (unpaired) electrons. The van der Waals surface area contributed by atoms with Crippen LogP contribution in [0.4, 0.5) is 5.13 Å². The van der Waals surface area contributed by atoms with E-state index in [1.807, 2.05) is 17.5 Å². The molecule has 1 aromatic carbocycles. The number of amides is 1. The van der Waals surface area contributed by atoms with Gasteiger partial charge in [0.05, 0.1) is 11.4 Å². The molecule has 1 amide bonds. The van der Waals surface area contributed by atoms with Crippen LogP contribution in [0.2, 0.25) is 0 Å². The molecular formula is C19H21N5OS2. The van der Waals surface area contributed by atoms with Gasteiger partial charge in [0.1, 0.15) is 5.82 Å². The number of benzene rings is 1. The molecule has 1 N–H and O–H groups in total. The molecule has 3 aromatic rings. The van der Waals surface area contributed by atoms with E-state index in [1.165, 1.54) is 35.1 Å². The van der Waals surface area contributed by atoms with Gasteiger partial charge in [0, 0.05) is 23.9 Å². The van der Waals surface area contributed by atoms with Gasteiger partial charge in [-0.25, -0.2) is 4.98 Å². The second-order valence-electron chi connectivity index (χ2n) is 6.60. The predicted octanol–water partition coefficient (Wildman–Crippen LogP) is 4.17. The third-order valence-electron chi connectivity index (χ3n) is 4.51. The maximum Gasteiger partial charge on any atom is 0.236 e. The predicted molar refractivity (Wildman–Crippen MR) is 109 cm³/mol. The summed E-state index contributed by atoms with van der Waals surface area (Å²) in [6, 6.07) is 8.21. The van der Waals surface area contributed by atoms with Crippen molar-refractivity contribution in [3.8, 4) is 11.3 Å². The molecule has 0 aliphatic carbocycles. The number of nitrogens with zero attached hydrogens (tertiary/aromatic N) is 4. The molecule has 3 heterocycles. The molecule has 1 aliphatic heterocycles. The first-order valence-electron chi connectivity index (χ1n) is 9.06. The molecule has 0 unspecified atom stereocenters. The van der Waals surface area contributed by atoms with Crippen molar-refractivity contribution in [2.24, 2.45) is 0 Å². The van der Waals surface area contributed by atoms with Crippen LogP contribution in [0.15, 0.2) is 34.8 Å². The van der Waals surface area contributed by atoms with E-state index in [4.69, 9.17) is 0 Å². The maximum absolute atomic E-state index is 12.3. The summed E-state index contributed by atoms with van der Waals surface area (Å²) in [6.45, 7) is 3.00. The van der Waals surface area contributed by atoms with Gasteiger partial charge in [-0.2, -0.15) is 0 Å². The van der Waals surface area contributed by atoms with Crippen LogP contribution in [0.5, 0.6) is 0 Å². The molecule has 8 heteroatoms. The third kappa shape index (κ3) is 4.39. The smallest absolute Gasteiger partial charge is 0.236 e. The number of aromatic nitrogens is 4. The lowest BCUT2D eigenvalue weighted by molar-refractivity contribution is -0.113. The third-order valence-corrected chi connectivity index (χ3v) is 6.23. The summed E-state index contributed by atoms with van der Waals surface area (Å²) in [5.41, 5.74) is 3.15. The highest BCUT2D eigenvalue weighted by molar-refractivity contribution is 7.99. The van der Waals surface area contributed by atoms with Crippen molar-refractivity contribution in [3.63, 3.8) is 0 Å². The number of nitrogens with one attached hydrogen (secondary N) is 1. The molecule has 0 atom stereocenters. The number of hydrogen-bond acceptors (Lipinski definition) is 6. The number of anilines is 1. The Labute approximate surface area is 166 Å². The Hall–Kier alpha value is -2.19. The molecular weight excluding hydrogens is 378 g/mol. The second kappa shape index (κ2) is 8.22. The molecule has 0 saturated heterocycles. The van der Waals surface area contributed by atoms with E-state index in [0.29, 0.717) is 10.9 Å². The Morgan fingerprint density at radius 1 is 1.22 bits per heavy atom. The molecule has 140 valence electrons. The highest BCUT2D eigenvalue weighted by Gasteiger charge is 2.16. The van der Waals surface area contributed by atoms with Crippen LogP contribution < -0.4 is 5.32 Å². The van der Waals surface area contributed by atoms with E-state index in [2.05, 4.69) is 44.1 Å². The number of aryl methyl sites for hydroxylation is 2. The van der Waals surface area contributed by atoms with E-state index in [9.17, 15) is 4.79 Å². The first-order valence-corrected chi connectivity index (χ1v) is 10.9. The van der Waals surface area contributed by atoms with Gasteiger partial charge in [0.2, 0.25) is 5.91 Å². The quantitative estimate of drug-likeness (QED) is 0.652. The van der Waals surface area contributed by atoms with Gasteiger partial charge < -0.3 is 9.88 Å². The van der Waals surface area contributed by atoms with Gasteiger partial charge in [-0.15, -0.1) is 21.5 Å². The van der Waals surface area contributed by atoms with Crippen molar-refractivity contribution in [2.45, 2.75) is 44.3 Å². The molecule has 0 spiro atoms. The Morgan fingerprint density at radius 2 is 2.07 bits per heavy atom. The van der Waals surface area contributed by atoms with E-state index in [0.717, 1.165) is 48.0 Å². The summed E-state index contributed by atoms with van der Waals surface area (Å²) in [6.07, 6.45) is 4.50. The van der Waals surface area contributed by atoms with Crippen LogP contribution in [0.3, 0.4) is 0 Å². The number of carbonyl (C=O) groups is 1. The minimum atomic E-state index is -0.0734. The molecule has 4 rings (SSSR count). The van der Waals surface area contributed by atoms with E-state index >= 15 is 0 Å². The topological polar surface area (TPSA) is 72.7 Å². The highest BCUT2D eigenvalue weighted by atomic mass is 32.2. The first-order chi connectivity index (χ1) is 13.2. The van der Waals surface area contributed by atoms with Gasteiger partial charge in [-0.1, -0.05) is 48.0 Å². The molecule has 6 nitrogen and oxygen atoms in total. The molecule has 0 fully saturated rings. The number of carbonyl (C=O) groups excluding carboxylic acids is 1. The van der Waals surface area contributed by atoms with Crippen LogP contribution in [0.1, 0.15) is 30.7 Å². The number of hydrogen-bond donors (Lipinski definition) is 1. The number of fused-ring (bicyclic) bond motifs is 1. The zero-order chi connectivity index (χ0) is 18.6. The van der Waals surface area contributed by atoms with Crippen molar-refractivity contribution >= 4 is 34.1 Å². The summed E-state index contributed by atoms with van der Waals surface area (Å²) in [5, 5.41) is 14.8. The fraction of sp³-hybridized carbons (Fsp3) is 0.368. The van der Waals surface area contributed by atoms with Crippen LogP contribution in [-0.4, -0.2) is 31.4 Å². The van der Waals surface area contributed by atoms with Crippen molar-refractivity contribution in [3.05, 3.63) is 41.0 Å². The van der Waals surface area contributed by atoms with Gasteiger partial charge in [0.25, 0.3) is 0 Å². The molecule has 2 aromatic heterocycles. The Kier molecular flexibility index (Phi) is 5.54. The summed E-state index contributed by atoms with van der Waals surface area (Å²) in [4.78, 5) is 16.8. The van der Waals surface area contributed by atoms with Crippen molar-refractivity contribution in [1.29, 1.82) is 0 Å². The lowest BCUT2D eigenvalue weighted by Gasteiger charge is -2.06. The molecule has 0 saturated carbocycles. The largest absolute Gasteiger partial charge is 0.306 e.